The van der Waals surface area contributed by atoms with Gasteiger partial charge in [-0.25, -0.2) is 0 Å². The lowest BCUT2D eigenvalue weighted by Crippen LogP contribution is -2.07. The molecule has 0 fully saturated rings. The molecule has 1 heteroatoms. The fourth-order valence-electron chi connectivity index (χ4n) is 2.81. The standard InChI is InChI=1S/C20H24O/c1-13(2)17-6-8-18(9-7-17)20(21)12-19-15(4)10-14(3)11-16(19)5/h6-11,13H,12H2,1-5H3. The first-order valence-corrected chi connectivity index (χ1v) is 7.58. The molecular formula is C20H24O. The van der Waals surface area contributed by atoms with Crippen LogP contribution in [0.5, 0.6) is 0 Å². The van der Waals surface area contributed by atoms with Crippen molar-refractivity contribution in [3.63, 3.8) is 0 Å². The molecule has 0 saturated heterocycles. The van der Waals surface area contributed by atoms with E-state index in [1.165, 1.54) is 27.8 Å². The number of benzene rings is 2. The number of carbonyl (C=O) groups excluding carboxylic acids is 1. The van der Waals surface area contributed by atoms with Gasteiger partial charge in [-0.2, -0.15) is 0 Å². The van der Waals surface area contributed by atoms with E-state index in [2.05, 4.69) is 58.9 Å². The monoisotopic (exact) mass is 280 g/mol. The SMILES string of the molecule is Cc1cc(C)c(CC(=O)c2ccc(C(C)C)cc2)c(C)c1. The number of hydrogen-bond donors (Lipinski definition) is 0. The molecule has 21 heavy (non-hydrogen) atoms. The summed E-state index contributed by atoms with van der Waals surface area (Å²) in [5.41, 5.74) is 6.91. The van der Waals surface area contributed by atoms with Crippen LogP contribution in [0.3, 0.4) is 0 Å². The van der Waals surface area contributed by atoms with Gasteiger partial charge in [0.1, 0.15) is 0 Å². The zero-order valence-electron chi connectivity index (χ0n) is 13.7. The Morgan fingerprint density at radius 3 is 1.95 bits per heavy atom. The summed E-state index contributed by atoms with van der Waals surface area (Å²) in [7, 11) is 0. The molecule has 2 rings (SSSR count). The fourth-order valence-corrected chi connectivity index (χ4v) is 2.81. The van der Waals surface area contributed by atoms with Gasteiger partial charge in [0.05, 0.1) is 0 Å². The lowest BCUT2D eigenvalue weighted by molar-refractivity contribution is 0.0992. The Morgan fingerprint density at radius 2 is 1.48 bits per heavy atom. The van der Waals surface area contributed by atoms with E-state index in [1.807, 2.05) is 12.1 Å². The van der Waals surface area contributed by atoms with Crippen molar-refractivity contribution in [2.24, 2.45) is 0 Å². The van der Waals surface area contributed by atoms with E-state index in [0.717, 1.165) is 5.56 Å². The van der Waals surface area contributed by atoms with Crippen LogP contribution in [0.4, 0.5) is 0 Å². The summed E-state index contributed by atoms with van der Waals surface area (Å²) < 4.78 is 0. The second-order valence-corrected chi connectivity index (χ2v) is 6.25. The molecule has 0 spiro atoms. The molecule has 0 aromatic heterocycles. The lowest BCUT2D eigenvalue weighted by Gasteiger charge is -2.11. The first-order chi connectivity index (χ1) is 9.88. The lowest BCUT2D eigenvalue weighted by atomic mass is 9.93. The number of Topliss-reactive ketones (excluding diaryl/α,β-unsaturated/α-hetero) is 1. The highest BCUT2D eigenvalue weighted by atomic mass is 16.1. The molecule has 2 aromatic carbocycles. The minimum absolute atomic E-state index is 0.195. The molecule has 0 aliphatic carbocycles. The van der Waals surface area contributed by atoms with Crippen molar-refractivity contribution >= 4 is 5.78 Å². The van der Waals surface area contributed by atoms with Gasteiger partial charge < -0.3 is 0 Å². The normalized spacial score (nSPS) is 11.0. The Kier molecular flexibility index (Phi) is 4.62. The van der Waals surface area contributed by atoms with Gasteiger partial charge in [0.25, 0.3) is 0 Å². The van der Waals surface area contributed by atoms with Gasteiger partial charge in [-0.15, -0.1) is 0 Å². The van der Waals surface area contributed by atoms with Crippen molar-refractivity contribution < 1.29 is 4.79 Å². The average Bonchev–Trinajstić information content (AvgIpc) is 2.42. The van der Waals surface area contributed by atoms with Crippen LogP contribution >= 0.6 is 0 Å². The highest BCUT2D eigenvalue weighted by molar-refractivity contribution is 5.97. The van der Waals surface area contributed by atoms with E-state index >= 15 is 0 Å². The van der Waals surface area contributed by atoms with Crippen molar-refractivity contribution in [2.45, 2.75) is 47.0 Å². The van der Waals surface area contributed by atoms with E-state index in [1.54, 1.807) is 0 Å². The van der Waals surface area contributed by atoms with Crippen molar-refractivity contribution in [3.05, 3.63) is 69.8 Å². The number of rotatable bonds is 4. The van der Waals surface area contributed by atoms with Crippen molar-refractivity contribution in [3.8, 4) is 0 Å². The number of aryl methyl sites for hydroxylation is 3. The van der Waals surface area contributed by atoms with Crippen molar-refractivity contribution in [1.82, 2.24) is 0 Å². The molecule has 0 aliphatic heterocycles. The Labute approximate surface area is 128 Å². The van der Waals surface area contributed by atoms with Gasteiger partial charge in [-0.05, 0) is 48.9 Å². The average molecular weight is 280 g/mol. The van der Waals surface area contributed by atoms with Crippen LogP contribution in [0.25, 0.3) is 0 Å². The second kappa shape index (κ2) is 6.26. The zero-order valence-corrected chi connectivity index (χ0v) is 13.7. The van der Waals surface area contributed by atoms with Gasteiger partial charge in [-0.1, -0.05) is 55.8 Å². The van der Waals surface area contributed by atoms with Crippen LogP contribution in [0.1, 0.15) is 57.9 Å². The zero-order chi connectivity index (χ0) is 15.6. The van der Waals surface area contributed by atoms with Crippen molar-refractivity contribution in [1.29, 1.82) is 0 Å². The Bertz CT molecular complexity index is 625. The summed E-state index contributed by atoms with van der Waals surface area (Å²) in [4.78, 5) is 12.5. The van der Waals surface area contributed by atoms with Gasteiger partial charge in [0.2, 0.25) is 0 Å². The molecule has 0 heterocycles. The maximum absolute atomic E-state index is 12.5. The maximum Gasteiger partial charge on any atom is 0.167 e. The molecule has 0 unspecified atom stereocenters. The number of carbonyl (C=O) groups is 1. The van der Waals surface area contributed by atoms with E-state index in [-0.39, 0.29) is 5.78 Å². The van der Waals surface area contributed by atoms with Crippen LogP contribution < -0.4 is 0 Å². The fraction of sp³-hybridized carbons (Fsp3) is 0.350. The van der Waals surface area contributed by atoms with Crippen LogP contribution in [-0.2, 0) is 6.42 Å². The van der Waals surface area contributed by atoms with E-state index in [9.17, 15) is 4.79 Å². The Morgan fingerprint density at radius 1 is 0.952 bits per heavy atom. The van der Waals surface area contributed by atoms with E-state index in [0.29, 0.717) is 12.3 Å². The molecule has 0 saturated carbocycles. The number of hydrogen-bond acceptors (Lipinski definition) is 1. The number of ketones is 1. The third-order valence-corrected chi connectivity index (χ3v) is 4.08. The highest BCUT2D eigenvalue weighted by Crippen LogP contribution is 2.20. The summed E-state index contributed by atoms with van der Waals surface area (Å²) in [6, 6.07) is 12.3. The van der Waals surface area contributed by atoms with Gasteiger partial charge in [0, 0.05) is 12.0 Å². The molecule has 0 N–H and O–H groups in total. The van der Waals surface area contributed by atoms with E-state index < -0.39 is 0 Å². The van der Waals surface area contributed by atoms with Gasteiger partial charge in [0.15, 0.2) is 5.78 Å². The van der Waals surface area contributed by atoms with Crippen LogP contribution in [0.2, 0.25) is 0 Å². The third-order valence-electron chi connectivity index (χ3n) is 4.08. The molecule has 0 amide bonds. The predicted octanol–water partition coefficient (Wildman–Crippen LogP) is 5.16. The van der Waals surface area contributed by atoms with Crippen LogP contribution in [-0.4, -0.2) is 5.78 Å². The summed E-state index contributed by atoms with van der Waals surface area (Å²) in [6.07, 6.45) is 0.485. The smallest absolute Gasteiger partial charge is 0.167 e. The van der Waals surface area contributed by atoms with Crippen LogP contribution in [0.15, 0.2) is 36.4 Å². The second-order valence-electron chi connectivity index (χ2n) is 6.25. The molecule has 0 bridgehead atoms. The summed E-state index contributed by atoms with van der Waals surface area (Å²) >= 11 is 0. The molecular weight excluding hydrogens is 256 g/mol. The van der Waals surface area contributed by atoms with E-state index in [4.69, 9.17) is 0 Å². The van der Waals surface area contributed by atoms with Crippen LogP contribution in [0, 0.1) is 20.8 Å². The molecule has 0 radical (unpaired) electrons. The topological polar surface area (TPSA) is 17.1 Å². The molecule has 0 aliphatic rings. The minimum atomic E-state index is 0.195. The Hall–Kier alpha value is -1.89. The minimum Gasteiger partial charge on any atom is -0.294 e. The molecule has 0 atom stereocenters. The Balaban J connectivity index is 2.22. The van der Waals surface area contributed by atoms with Gasteiger partial charge in [-0.3, -0.25) is 4.79 Å². The first-order valence-electron chi connectivity index (χ1n) is 7.58. The quantitative estimate of drug-likeness (QED) is 0.707. The van der Waals surface area contributed by atoms with Crippen molar-refractivity contribution in [2.75, 3.05) is 0 Å². The van der Waals surface area contributed by atoms with Gasteiger partial charge >= 0.3 is 0 Å². The highest BCUT2D eigenvalue weighted by Gasteiger charge is 2.12. The first kappa shape index (κ1) is 15.5. The summed E-state index contributed by atoms with van der Waals surface area (Å²) in [5.74, 6) is 0.691. The summed E-state index contributed by atoms with van der Waals surface area (Å²) in [6.45, 7) is 10.6. The largest absolute Gasteiger partial charge is 0.294 e. The predicted molar refractivity (Wildman–Crippen MR) is 89.2 cm³/mol. The third kappa shape index (κ3) is 3.60. The molecule has 1 nitrogen and oxygen atoms in total. The molecule has 2 aromatic rings. The molecule has 110 valence electrons. The summed E-state index contributed by atoms with van der Waals surface area (Å²) in [5, 5.41) is 0. The maximum atomic E-state index is 12.5.